The number of urea groups is 1. The molecule has 2 aliphatic rings. The second-order valence-corrected chi connectivity index (χ2v) is 6.91. The minimum atomic E-state index is -2.94. The van der Waals surface area contributed by atoms with E-state index in [0.29, 0.717) is 26.1 Å². The van der Waals surface area contributed by atoms with Gasteiger partial charge < -0.3 is 15.0 Å². The number of carbonyl (C=O) groups is 1. The molecule has 0 saturated carbocycles. The molecule has 0 unspecified atom stereocenters. The van der Waals surface area contributed by atoms with Crippen molar-refractivity contribution in [3.8, 4) is 0 Å². The van der Waals surface area contributed by atoms with Crippen molar-refractivity contribution in [2.24, 2.45) is 0 Å². The van der Waals surface area contributed by atoms with Crippen LogP contribution in [-0.4, -0.2) is 62.7 Å². The van der Waals surface area contributed by atoms with Crippen LogP contribution in [0.4, 0.5) is 4.79 Å². The molecule has 2 fully saturated rings. The molecule has 2 heterocycles. The van der Waals surface area contributed by atoms with Gasteiger partial charge in [0.1, 0.15) is 0 Å². The minimum Gasteiger partial charge on any atom is -0.375 e. The molecule has 6 nitrogen and oxygen atoms in total. The Morgan fingerprint density at radius 3 is 2.82 bits per heavy atom. The summed E-state index contributed by atoms with van der Waals surface area (Å²) in [6.45, 7) is 3.58. The van der Waals surface area contributed by atoms with Crippen LogP contribution < -0.4 is 5.32 Å². The van der Waals surface area contributed by atoms with E-state index in [1.807, 2.05) is 6.92 Å². The Balaban J connectivity index is 1.85. The predicted octanol–water partition coefficient (Wildman–Crippen LogP) is -0.396. The Morgan fingerprint density at radius 2 is 2.24 bits per heavy atom. The van der Waals surface area contributed by atoms with E-state index in [0.717, 1.165) is 0 Å². The third-order valence-electron chi connectivity index (χ3n) is 3.09. The Labute approximate surface area is 101 Å². The first-order valence-corrected chi connectivity index (χ1v) is 7.66. The van der Waals surface area contributed by atoms with E-state index in [1.54, 1.807) is 4.90 Å². The van der Waals surface area contributed by atoms with Crippen LogP contribution in [0.5, 0.6) is 0 Å². The molecule has 0 aliphatic carbocycles. The summed E-state index contributed by atoms with van der Waals surface area (Å²) in [5, 5.41) is 2.78. The summed E-state index contributed by atoms with van der Waals surface area (Å²) in [6, 6.07) is -0.409. The largest absolute Gasteiger partial charge is 0.375 e. The molecule has 2 amide bonds. The number of morpholine rings is 1. The highest BCUT2D eigenvalue weighted by Gasteiger charge is 2.31. The lowest BCUT2D eigenvalue weighted by atomic mass is 10.2. The quantitative estimate of drug-likeness (QED) is 0.698. The number of nitrogens with one attached hydrogen (secondary N) is 1. The first kappa shape index (κ1) is 12.6. The third kappa shape index (κ3) is 3.32. The van der Waals surface area contributed by atoms with Gasteiger partial charge in [0, 0.05) is 19.1 Å². The van der Waals surface area contributed by atoms with Crippen molar-refractivity contribution in [1.82, 2.24) is 10.2 Å². The van der Waals surface area contributed by atoms with Crippen molar-refractivity contribution < 1.29 is 17.9 Å². The molecule has 0 aromatic heterocycles. The molecule has 0 aromatic carbocycles. The van der Waals surface area contributed by atoms with Gasteiger partial charge >= 0.3 is 6.03 Å². The maximum atomic E-state index is 11.9. The van der Waals surface area contributed by atoms with E-state index >= 15 is 0 Å². The zero-order valence-electron chi connectivity index (χ0n) is 9.89. The summed E-state index contributed by atoms with van der Waals surface area (Å²) in [5.74, 6) is 0.246. The monoisotopic (exact) mass is 262 g/mol. The first-order chi connectivity index (χ1) is 7.96. The number of rotatable bonds is 1. The topological polar surface area (TPSA) is 75.7 Å². The molecule has 2 aliphatic heterocycles. The highest BCUT2D eigenvalue weighted by atomic mass is 32.2. The van der Waals surface area contributed by atoms with Crippen LogP contribution in [0.3, 0.4) is 0 Å². The molecule has 1 N–H and O–H groups in total. The Kier molecular flexibility index (Phi) is 3.58. The third-order valence-corrected chi connectivity index (χ3v) is 4.86. The second kappa shape index (κ2) is 4.81. The maximum Gasteiger partial charge on any atom is 0.317 e. The zero-order valence-corrected chi connectivity index (χ0v) is 10.7. The lowest BCUT2D eigenvalue weighted by Crippen LogP contribution is -2.51. The van der Waals surface area contributed by atoms with Crippen molar-refractivity contribution in [2.75, 3.05) is 31.2 Å². The molecular formula is C10H18N2O4S. The molecule has 2 rings (SSSR count). The normalized spacial score (nSPS) is 32.4. The van der Waals surface area contributed by atoms with Gasteiger partial charge in [0.25, 0.3) is 0 Å². The summed E-state index contributed by atoms with van der Waals surface area (Å²) in [6.07, 6.45) is 0.565. The average molecular weight is 262 g/mol. The zero-order chi connectivity index (χ0) is 12.5. The van der Waals surface area contributed by atoms with Gasteiger partial charge in [0.05, 0.1) is 24.2 Å². The number of sulfone groups is 1. The Morgan fingerprint density at radius 1 is 1.47 bits per heavy atom. The Hall–Kier alpha value is -0.820. The smallest absolute Gasteiger partial charge is 0.317 e. The van der Waals surface area contributed by atoms with Gasteiger partial charge in [0.2, 0.25) is 0 Å². The van der Waals surface area contributed by atoms with E-state index in [-0.39, 0.29) is 29.7 Å². The van der Waals surface area contributed by atoms with Crippen LogP contribution >= 0.6 is 0 Å². The van der Waals surface area contributed by atoms with Crippen LogP contribution in [0, 0.1) is 0 Å². The highest BCUT2D eigenvalue weighted by Crippen LogP contribution is 2.12. The van der Waals surface area contributed by atoms with Crippen LogP contribution in [0.25, 0.3) is 0 Å². The minimum absolute atomic E-state index is 0.0433. The second-order valence-electron chi connectivity index (χ2n) is 4.68. The number of hydrogen-bond acceptors (Lipinski definition) is 4. The summed E-state index contributed by atoms with van der Waals surface area (Å²) in [7, 11) is -2.94. The number of carbonyl (C=O) groups excluding carboxylic acids is 1. The van der Waals surface area contributed by atoms with Gasteiger partial charge in [-0.05, 0) is 13.3 Å². The highest BCUT2D eigenvalue weighted by molar-refractivity contribution is 7.91. The lowest BCUT2D eigenvalue weighted by molar-refractivity contribution is -0.00376. The molecule has 2 atom stereocenters. The predicted molar refractivity (Wildman–Crippen MR) is 62.6 cm³/mol. The van der Waals surface area contributed by atoms with E-state index in [4.69, 9.17) is 4.74 Å². The summed E-state index contributed by atoms with van der Waals surface area (Å²) in [4.78, 5) is 13.6. The van der Waals surface area contributed by atoms with Gasteiger partial charge in [-0.2, -0.15) is 0 Å². The fraction of sp³-hybridized carbons (Fsp3) is 0.900. The van der Waals surface area contributed by atoms with Gasteiger partial charge in [0.15, 0.2) is 9.84 Å². The lowest BCUT2D eigenvalue weighted by Gasteiger charge is -2.31. The van der Waals surface area contributed by atoms with Crippen molar-refractivity contribution in [3.63, 3.8) is 0 Å². The van der Waals surface area contributed by atoms with E-state index in [1.165, 1.54) is 0 Å². The van der Waals surface area contributed by atoms with Gasteiger partial charge in [-0.25, -0.2) is 13.2 Å². The molecule has 0 aromatic rings. The van der Waals surface area contributed by atoms with Crippen molar-refractivity contribution in [2.45, 2.75) is 25.5 Å². The number of nitrogens with zero attached hydrogens (tertiary/aromatic N) is 1. The van der Waals surface area contributed by atoms with Crippen molar-refractivity contribution in [3.05, 3.63) is 0 Å². The Bertz CT molecular complexity index is 395. The molecule has 0 bridgehead atoms. The maximum absolute atomic E-state index is 11.9. The SMILES string of the molecule is C[C@H]1CN(C(=O)N[C@H]2CCS(=O)(=O)C2)CCO1. The molecule has 7 heteroatoms. The fourth-order valence-electron chi connectivity index (χ4n) is 2.18. The molecular weight excluding hydrogens is 244 g/mol. The number of amides is 2. The van der Waals surface area contributed by atoms with Gasteiger partial charge in [-0.15, -0.1) is 0 Å². The van der Waals surface area contributed by atoms with E-state index in [2.05, 4.69) is 5.32 Å². The van der Waals surface area contributed by atoms with Gasteiger partial charge in [-0.3, -0.25) is 0 Å². The summed E-state index contributed by atoms with van der Waals surface area (Å²) in [5.41, 5.74) is 0. The molecule has 2 saturated heterocycles. The van der Waals surface area contributed by atoms with Crippen LogP contribution in [0.1, 0.15) is 13.3 Å². The summed E-state index contributed by atoms with van der Waals surface area (Å²) >= 11 is 0. The van der Waals surface area contributed by atoms with E-state index in [9.17, 15) is 13.2 Å². The van der Waals surface area contributed by atoms with Gasteiger partial charge in [-0.1, -0.05) is 0 Å². The van der Waals surface area contributed by atoms with E-state index < -0.39 is 9.84 Å². The van der Waals surface area contributed by atoms with Crippen LogP contribution in [-0.2, 0) is 14.6 Å². The van der Waals surface area contributed by atoms with Crippen LogP contribution in [0.15, 0.2) is 0 Å². The number of ether oxygens (including phenoxy) is 1. The summed E-state index contributed by atoms with van der Waals surface area (Å²) < 4.78 is 27.9. The van der Waals surface area contributed by atoms with Crippen molar-refractivity contribution in [1.29, 1.82) is 0 Å². The number of hydrogen-bond donors (Lipinski definition) is 1. The first-order valence-electron chi connectivity index (χ1n) is 5.84. The fourth-order valence-corrected chi connectivity index (χ4v) is 3.85. The average Bonchev–Trinajstić information content (AvgIpc) is 2.58. The van der Waals surface area contributed by atoms with Crippen molar-refractivity contribution >= 4 is 15.9 Å². The molecule has 0 spiro atoms. The molecule has 0 radical (unpaired) electrons. The standard InChI is InChI=1S/C10H18N2O4S/c1-8-6-12(3-4-16-8)10(13)11-9-2-5-17(14,15)7-9/h8-9H,2-7H2,1H3,(H,11,13)/t8-,9-/m0/s1. The molecule has 17 heavy (non-hydrogen) atoms. The van der Waals surface area contributed by atoms with Crippen LogP contribution in [0.2, 0.25) is 0 Å². The molecule has 98 valence electrons.